The maximum Gasteiger partial charge on any atom is 0.264 e. The summed E-state index contributed by atoms with van der Waals surface area (Å²) in [5, 5.41) is 2.67. The third kappa shape index (κ3) is 6.66. The lowest BCUT2D eigenvalue weighted by molar-refractivity contribution is -0.119. The number of ether oxygens (including phenoxy) is 3. The zero-order valence-electron chi connectivity index (χ0n) is 20.6. The molecule has 36 heavy (non-hydrogen) atoms. The highest BCUT2D eigenvalue weighted by Gasteiger charge is 2.28. The zero-order valence-corrected chi connectivity index (χ0v) is 21.4. The van der Waals surface area contributed by atoms with Gasteiger partial charge < -0.3 is 19.5 Å². The second-order valence-corrected chi connectivity index (χ2v) is 9.89. The van der Waals surface area contributed by atoms with Gasteiger partial charge >= 0.3 is 0 Å². The van der Waals surface area contributed by atoms with E-state index in [-0.39, 0.29) is 29.6 Å². The first-order chi connectivity index (χ1) is 17.1. The smallest absolute Gasteiger partial charge is 0.264 e. The molecule has 0 unspecified atom stereocenters. The number of sulfonamides is 1. The molecule has 0 aromatic heterocycles. The summed E-state index contributed by atoms with van der Waals surface area (Å²) >= 11 is 0. The number of nitrogens with zero attached hydrogens (tertiary/aromatic N) is 1. The van der Waals surface area contributed by atoms with E-state index in [1.807, 2.05) is 19.9 Å². The number of benzene rings is 3. The summed E-state index contributed by atoms with van der Waals surface area (Å²) in [5.74, 6) is 0.201. The van der Waals surface area contributed by atoms with Gasteiger partial charge in [0.15, 0.2) is 11.5 Å². The molecule has 1 N–H and O–H groups in total. The van der Waals surface area contributed by atoms with E-state index in [2.05, 4.69) is 5.32 Å². The fourth-order valence-electron chi connectivity index (χ4n) is 3.59. The Balaban J connectivity index is 1.81. The van der Waals surface area contributed by atoms with Crippen LogP contribution >= 0.6 is 0 Å². The van der Waals surface area contributed by atoms with Crippen LogP contribution in [-0.2, 0) is 14.8 Å². The maximum atomic E-state index is 13.7. The van der Waals surface area contributed by atoms with Crippen molar-refractivity contribution in [3.05, 3.63) is 77.6 Å². The standard InChI is InChI=1S/C26H29FN2O6S/c1-18-13-19(2)15-21(14-18)29(36(31,32)23-9-10-24(33-3)25(16-23)34-4)17-26(30)28-11-12-35-22-7-5-20(27)6-8-22/h5-10,13-16H,11-12,17H2,1-4H3,(H,28,30). The van der Waals surface area contributed by atoms with Crippen LogP contribution in [0.4, 0.5) is 10.1 Å². The third-order valence-electron chi connectivity index (χ3n) is 5.23. The highest BCUT2D eigenvalue weighted by atomic mass is 32.2. The number of hydrogen-bond donors (Lipinski definition) is 1. The summed E-state index contributed by atoms with van der Waals surface area (Å²) in [7, 11) is -1.28. The van der Waals surface area contributed by atoms with Crippen molar-refractivity contribution in [2.75, 3.05) is 38.2 Å². The van der Waals surface area contributed by atoms with Gasteiger partial charge in [0.25, 0.3) is 10.0 Å². The van der Waals surface area contributed by atoms with Crippen molar-refractivity contribution in [2.45, 2.75) is 18.7 Å². The Morgan fingerprint density at radius 2 is 1.56 bits per heavy atom. The molecular weight excluding hydrogens is 487 g/mol. The topological polar surface area (TPSA) is 94.2 Å². The van der Waals surface area contributed by atoms with E-state index in [9.17, 15) is 17.6 Å². The van der Waals surface area contributed by atoms with Crippen LogP contribution in [0.15, 0.2) is 65.6 Å². The Kier molecular flexibility index (Phi) is 8.76. The van der Waals surface area contributed by atoms with Gasteiger partial charge in [-0.15, -0.1) is 0 Å². The number of halogens is 1. The molecule has 0 saturated carbocycles. The molecule has 3 aromatic carbocycles. The van der Waals surface area contributed by atoms with Gasteiger partial charge in [0, 0.05) is 6.07 Å². The number of anilines is 1. The Labute approximate surface area is 210 Å². The fraction of sp³-hybridized carbons (Fsp3) is 0.269. The van der Waals surface area contributed by atoms with Crippen LogP contribution in [0.25, 0.3) is 0 Å². The summed E-state index contributed by atoms with van der Waals surface area (Å²) < 4.78 is 57.4. The maximum absolute atomic E-state index is 13.7. The summed E-state index contributed by atoms with van der Waals surface area (Å²) in [6.45, 7) is 3.52. The first kappa shape index (κ1) is 26.8. The van der Waals surface area contributed by atoms with Crippen LogP contribution < -0.4 is 23.8 Å². The van der Waals surface area contributed by atoms with Gasteiger partial charge in [-0.1, -0.05) is 6.07 Å². The largest absolute Gasteiger partial charge is 0.493 e. The molecule has 0 aliphatic rings. The normalized spacial score (nSPS) is 11.0. The SMILES string of the molecule is COc1ccc(S(=O)(=O)N(CC(=O)NCCOc2ccc(F)cc2)c2cc(C)cc(C)c2)cc1OC. The molecule has 0 saturated heterocycles. The lowest BCUT2D eigenvalue weighted by atomic mass is 10.1. The molecule has 1 amide bonds. The molecule has 0 heterocycles. The Morgan fingerprint density at radius 1 is 0.917 bits per heavy atom. The van der Waals surface area contributed by atoms with E-state index in [0.717, 1.165) is 15.4 Å². The molecule has 192 valence electrons. The van der Waals surface area contributed by atoms with Crippen molar-refractivity contribution in [3.63, 3.8) is 0 Å². The number of carbonyl (C=O) groups is 1. The van der Waals surface area contributed by atoms with Crippen LogP contribution in [0.1, 0.15) is 11.1 Å². The predicted molar refractivity (Wildman–Crippen MR) is 135 cm³/mol. The van der Waals surface area contributed by atoms with Gasteiger partial charge in [0.05, 0.1) is 31.3 Å². The minimum absolute atomic E-state index is 0.0493. The van der Waals surface area contributed by atoms with Gasteiger partial charge in [-0.2, -0.15) is 0 Å². The number of amides is 1. The molecule has 0 radical (unpaired) electrons. The van der Waals surface area contributed by atoms with Gasteiger partial charge in [-0.25, -0.2) is 12.8 Å². The van der Waals surface area contributed by atoms with Crippen molar-refractivity contribution >= 4 is 21.6 Å². The minimum Gasteiger partial charge on any atom is -0.493 e. The summed E-state index contributed by atoms with van der Waals surface area (Å²) in [6, 6.07) is 15.1. The molecule has 0 aliphatic carbocycles. The second-order valence-electron chi connectivity index (χ2n) is 8.03. The van der Waals surface area contributed by atoms with E-state index in [4.69, 9.17) is 14.2 Å². The summed E-state index contributed by atoms with van der Waals surface area (Å²) in [4.78, 5) is 12.7. The van der Waals surface area contributed by atoms with Crippen LogP contribution in [0, 0.1) is 19.7 Å². The molecule has 0 spiro atoms. The van der Waals surface area contributed by atoms with E-state index in [1.54, 1.807) is 12.1 Å². The summed E-state index contributed by atoms with van der Waals surface area (Å²) in [6.07, 6.45) is 0. The molecular formula is C26H29FN2O6S. The Hall–Kier alpha value is -3.79. The van der Waals surface area contributed by atoms with Crippen molar-refractivity contribution < 1.29 is 31.8 Å². The first-order valence-electron chi connectivity index (χ1n) is 11.1. The molecule has 8 nitrogen and oxygen atoms in total. The van der Waals surface area contributed by atoms with Gasteiger partial charge in [0.2, 0.25) is 5.91 Å². The Morgan fingerprint density at radius 3 is 2.17 bits per heavy atom. The van der Waals surface area contributed by atoms with Gasteiger partial charge in [-0.05, 0) is 73.5 Å². The minimum atomic E-state index is -4.15. The fourth-order valence-corrected chi connectivity index (χ4v) is 5.01. The zero-order chi connectivity index (χ0) is 26.3. The summed E-state index contributed by atoms with van der Waals surface area (Å²) in [5.41, 5.74) is 2.07. The van der Waals surface area contributed by atoms with Crippen LogP contribution in [-0.4, -0.2) is 48.2 Å². The number of rotatable bonds is 11. The van der Waals surface area contributed by atoms with Gasteiger partial charge in [-0.3, -0.25) is 9.10 Å². The monoisotopic (exact) mass is 516 g/mol. The van der Waals surface area contributed by atoms with E-state index >= 15 is 0 Å². The average molecular weight is 517 g/mol. The number of methoxy groups -OCH3 is 2. The number of aryl methyl sites for hydroxylation is 2. The number of nitrogens with one attached hydrogen (secondary N) is 1. The average Bonchev–Trinajstić information content (AvgIpc) is 2.85. The lowest BCUT2D eigenvalue weighted by Gasteiger charge is -2.25. The van der Waals surface area contributed by atoms with E-state index < -0.39 is 22.5 Å². The molecule has 3 rings (SSSR count). The molecule has 0 bridgehead atoms. The number of carbonyl (C=O) groups excluding carboxylic acids is 1. The first-order valence-corrected chi connectivity index (χ1v) is 12.6. The molecule has 3 aromatic rings. The van der Waals surface area contributed by atoms with Crippen LogP contribution in [0.2, 0.25) is 0 Å². The Bertz CT molecular complexity index is 1290. The molecule has 0 aliphatic heterocycles. The quantitative estimate of drug-likeness (QED) is 0.389. The predicted octanol–water partition coefficient (Wildman–Crippen LogP) is 3.85. The number of hydrogen-bond acceptors (Lipinski definition) is 6. The van der Waals surface area contributed by atoms with Crippen LogP contribution in [0.5, 0.6) is 17.2 Å². The molecule has 0 atom stereocenters. The van der Waals surface area contributed by atoms with Gasteiger partial charge in [0.1, 0.15) is 24.7 Å². The molecule has 0 fully saturated rings. The van der Waals surface area contributed by atoms with Crippen molar-refractivity contribution in [2.24, 2.45) is 0 Å². The highest BCUT2D eigenvalue weighted by Crippen LogP contribution is 2.32. The highest BCUT2D eigenvalue weighted by molar-refractivity contribution is 7.92. The van der Waals surface area contributed by atoms with Crippen molar-refractivity contribution in [1.29, 1.82) is 0 Å². The van der Waals surface area contributed by atoms with Crippen molar-refractivity contribution in [3.8, 4) is 17.2 Å². The third-order valence-corrected chi connectivity index (χ3v) is 7.00. The van der Waals surface area contributed by atoms with Crippen molar-refractivity contribution in [1.82, 2.24) is 5.32 Å². The lowest BCUT2D eigenvalue weighted by Crippen LogP contribution is -2.42. The van der Waals surface area contributed by atoms with E-state index in [0.29, 0.717) is 17.2 Å². The molecule has 10 heteroatoms. The van der Waals surface area contributed by atoms with E-state index in [1.165, 1.54) is 56.7 Å². The second kappa shape index (κ2) is 11.8. The van der Waals surface area contributed by atoms with Crippen LogP contribution in [0.3, 0.4) is 0 Å².